The first kappa shape index (κ1) is 20.5. The topological polar surface area (TPSA) is 102 Å². The largest absolute Gasteiger partial charge is 0.445 e. The van der Waals surface area contributed by atoms with Gasteiger partial charge in [-0.3, -0.25) is 19.6 Å². The highest BCUT2D eigenvalue weighted by atomic mass is 32.1. The highest BCUT2D eigenvalue weighted by molar-refractivity contribution is 7.15. The number of carbonyl (C=O) groups excluding carboxylic acids is 2. The number of aromatic nitrogens is 4. The molecule has 0 aliphatic heterocycles. The number of halogens is 3. The number of benzene rings is 1. The SMILES string of the molecule is CNC(=O)c1cc(C(=O)Nc2nnc(C(F)(F)F)s2)n([C@@H](C)c2ccccc2)n1. The van der Waals surface area contributed by atoms with Gasteiger partial charge in [0.15, 0.2) is 5.69 Å². The van der Waals surface area contributed by atoms with E-state index in [1.54, 1.807) is 6.92 Å². The molecule has 0 aliphatic rings. The molecule has 3 rings (SSSR count). The smallest absolute Gasteiger partial charge is 0.354 e. The maximum Gasteiger partial charge on any atom is 0.445 e. The molecule has 0 saturated heterocycles. The lowest BCUT2D eigenvalue weighted by Gasteiger charge is -2.15. The van der Waals surface area contributed by atoms with E-state index in [1.807, 2.05) is 30.3 Å². The summed E-state index contributed by atoms with van der Waals surface area (Å²) in [6.07, 6.45) is -4.66. The zero-order valence-electron chi connectivity index (χ0n) is 15.2. The molecule has 0 bridgehead atoms. The van der Waals surface area contributed by atoms with Crippen LogP contribution in [0.3, 0.4) is 0 Å². The van der Waals surface area contributed by atoms with E-state index in [9.17, 15) is 22.8 Å². The lowest BCUT2D eigenvalue weighted by molar-refractivity contribution is -0.138. The lowest BCUT2D eigenvalue weighted by atomic mass is 10.1. The molecule has 8 nitrogen and oxygen atoms in total. The van der Waals surface area contributed by atoms with E-state index >= 15 is 0 Å². The molecule has 12 heteroatoms. The van der Waals surface area contributed by atoms with Crippen molar-refractivity contribution in [1.29, 1.82) is 0 Å². The average Bonchev–Trinajstić information content (AvgIpc) is 3.34. The maximum atomic E-state index is 12.7. The van der Waals surface area contributed by atoms with Crippen molar-refractivity contribution in [3.8, 4) is 0 Å². The Bertz CT molecular complexity index is 1030. The molecule has 1 atom stereocenters. The molecule has 1 aromatic carbocycles. The first-order valence-corrected chi connectivity index (χ1v) is 9.11. The van der Waals surface area contributed by atoms with Gasteiger partial charge in [-0.15, -0.1) is 10.2 Å². The fourth-order valence-electron chi connectivity index (χ4n) is 2.52. The number of carbonyl (C=O) groups is 2. The molecule has 2 N–H and O–H groups in total. The third-order valence-corrected chi connectivity index (χ3v) is 4.85. The van der Waals surface area contributed by atoms with Crippen LogP contribution >= 0.6 is 11.3 Å². The molecule has 29 heavy (non-hydrogen) atoms. The Balaban J connectivity index is 1.94. The fraction of sp³-hybridized carbons (Fsp3) is 0.235. The van der Waals surface area contributed by atoms with Crippen LogP contribution in [-0.2, 0) is 6.18 Å². The maximum absolute atomic E-state index is 12.7. The van der Waals surface area contributed by atoms with Crippen LogP contribution in [0.5, 0.6) is 0 Å². The number of rotatable bonds is 5. The Morgan fingerprint density at radius 1 is 1.14 bits per heavy atom. The van der Waals surface area contributed by atoms with Crippen molar-refractivity contribution in [3.05, 3.63) is 58.4 Å². The van der Waals surface area contributed by atoms with Crippen LogP contribution in [0.25, 0.3) is 0 Å². The van der Waals surface area contributed by atoms with Gasteiger partial charge in [-0.2, -0.15) is 18.3 Å². The van der Waals surface area contributed by atoms with Gasteiger partial charge in [0.25, 0.3) is 11.8 Å². The minimum Gasteiger partial charge on any atom is -0.354 e. The van der Waals surface area contributed by atoms with Crippen LogP contribution in [0.4, 0.5) is 18.3 Å². The predicted octanol–water partition coefficient (Wildman–Crippen LogP) is 2.97. The molecule has 2 aromatic heterocycles. The van der Waals surface area contributed by atoms with Crippen LogP contribution in [-0.4, -0.2) is 38.8 Å². The molecule has 0 fully saturated rings. The van der Waals surface area contributed by atoms with Crippen LogP contribution in [0.1, 0.15) is 44.5 Å². The zero-order valence-corrected chi connectivity index (χ0v) is 16.0. The number of alkyl halides is 3. The first-order chi connectivity index (χ1) is 13.7. The molecule has 2 amide bonds. The standard InChI is InChI=1S/C17H15F3N6O2S/c1-9(10-6-4-3-5-7-10)26-12(8-11(25-26)13(27)21-2)14(28)22-16-24-23-15(29-16)17(18,19)20/h3-9H,1-2H3,(H,21,27)(H,22,24,28)/t9-/m0/s1. The van der Waals surface area contributed by atoms with E-state index in [2.05, 4.69) is 25.9 Å². The van der Waals surface area contributed by atoms with Crippen molar-refractivity contribution in [2.45, 2.75) is 19.1 Å². The molecule has 0 spiro atoms. The molecule has 0 radical (unpaired) electrons. The van der Waals surface area contributed by atoms with Gasteiger partial charge < -0.3 is 5.32 Å². The molecule has 3 aromatic rings. The number of nitrogens with zero attached hydrogens (tertiary/aromatic N) is 4. The fourth-order valence-corrected chi connectivity index (χ4v) is 3.13. The lowest BCUT2D eigenvalue weighted by Crippen LogP contribution is -2.21. The molecule has 2 heterocycles. The Kier molecular flexibility index (Phi) is 5.64. The summed E-state index contributed by atoms with van der Waals surface area (Å²) in [5.41, 5.74) is 0.806. The third kappa shape index (κ3) is 4.42. The highest BCUT2D eigenvalue weighted by Gasteiger charge is 2.36. The first-order valence-electron chi connectivity index (χ1n) is 8.29. The minimum absolute atomic E-state index is 0.00586. The summed E-state index contributed by atoms with van der Waals surface area (Å²) in [7, 11) is 1.42. The summed E-state index contributed by atoms with van der Waals surface area (Å²) in [5.74, 6) is -1.27. The number of amides is 2. The molecule has 0 aliphatic carbocycles. The molecule has 0 saturated carbocycles. The zero-order chi connectivity index (χ0) is 21.2. The van der Waals surface area contributed by atoms with Gasteiger partial charge in [0, 0.05) is 13.1 Å². The second kappa shape index (κ2) is 7.99. The summed E-state index contributed by atoms with van der Waals surface area (Å²) in [4.78, 5) is 24.7. The summed E-state index contributed by atoms with van der Waals surface area (Å²) >= 11 is 0.203. The van der Waals surface area contributed by atoms with Crippen LogP contribution in [0.2, 0.25) is 0 Å². The second-order valence-corrected chi connectivity index (χ2v) is 6.87. The summed E-state index contributed by atoms with van der Waals surface area (Å²) in [6, 6.07) is 9.96. The Morgan fingerprint density at radius 2 is 1.83 bits per heavy atom. The normalized spacial score (nSPS) is 12.4. The van der Waals surface area contributed by atoms with E-state index in [0.717, 1.165) is 5.56 Å². The van der Waals surface area contributed by atoms with E-state index in [4.69, 9.17) is 0 Å². The monoisotopic (exact) mass is 424 g/mol. The Morgan fingerprint density at radius 3 is 2.41 bits per heavy atom. The van der Waals surface area contributed by atoms with Crippen molar-refractivity contribution in [2.24, 2.45) is 0 Å². The highest BCUT2D eigenvalue weighted by Crippen LogP contribution is 2.33. The van der Waals surface area contributed by atoms with Crippen molar-refractivity contribution in [3.63, 3.8) is 0 Å². The van der Waals surface area contributed by atoms with Crippen LogP contribution < -0.4 is 10.6 Å². The summed E-state index contributed by atoms with van der Waals surface area (Å²) < 4.78 is 39.4. The van der Waals surface area contributed by atoms with E-state index < -0.39 is 29.0 Å². The van der Waals surface area contributed by atoms with E-state index in [1.165, 1.54) is 17.8 Å². The van der Waals surface area contributed by atoms with Gasteiger partial charge in [0.1, 0.15) is 5.69 Å². The Hall–Kier alpha value is -3.28. The van der Waals surface area contributed by atoms with Gasteiger partial charge in [0.05, 0.1) is 6.04 Å². The van der Waals surface area contributed by atoms with Gasteiger partial charge >= 0.3 is 6.18 Å². The van der Waals surface area contributed by atoms with Gasteiger partial charge in [-0.25, -0.2) is 0 Å². The van der Waals surface area contributed by atoms with Crippen LogP contribution in [0, 0.1) is 0 Å². The summed E-state index contributed by atoms with van der Waals surface area (Å²) in [6.45, 7) is 1.78. The Labute approximate surface area is 166 Å². The average molecular weight is 424 g/mol. The molecule has 152 valence electrons. The molecular formula is C17H15F3N6O2S. The number of hydrogen-bond acceptors (Lipinski definition) is 6. The number of nitrogens with one attached hydrogen (secondary N) is 2. The number of hydrogen-bond donors (Lipinski definition) is 2. The van der Waals surface area contributed by atoms with Crippen molar-refractivity contribution >= 4 is 28.3 Å². The van der Waals surface area contributed by atoms with Gasteiger partial charge in [0.2, 0.25) is 10.1 Å². The quantitative estimate of drug-likeness (QED) is 0.656. The van der Waals surface area contributed by atoms with Gasteiger partial charge in [-0.05, 0) is 12.5 Å². The minimum atomic E-state index is -4.66. The van der Waals surface area contributed by atoms with Crippen molar-refractivity contribution < 1.29 is 22.8 Å². The van der Waals surface area contributed by atoms with Crippen LogP contribution in [0.15, 0.2) is 36.4 Å². The van der Waals surface area contributed by atoms with Crippen molar-refractivity contribution in [1.82, 2.24) is 25.3 Å². The van der Waals surface area contributed by atoms with E-state index in [0.29, 0.717) is 0 Å². The number of anilines is 1. The van der Waals surface area contributed by atoms with Crippen molar-refractivity contribution in [2.75, 3.05) is 12.4 Å². The van der Waals surface area contributed by atoms with Gasteiger partial charge in [-0.1, -0.05) is 41.7 Å². The van der Waals surface area contributed by atoms with E-state index in [-0.39, 0.29) is 27.9 Å². The molecular weight excluding hydrogens is 409 g/mol. The third-order valence-electron chi connectivity index (χ3n) is 3.96. The molecule has 0 unspecified atom stereocenters. The predicted molar refractivity (Wildman–Crippen MR) is 98.7 cm³/mol. The summed E-state index contributed by atoms with van der Waals surface area (Å²) in [5, 5.41) is 13.8. The second-order valence-electron chi connectivity index (χ2n) is 5.89.